The Morgan fingerprint density at radius 2 is 1.96 bits per heavy atom. The Morgan fingerprint density at radius 1 is 1.23 bits per heavy atom. The number of rotatable bonds is 5. The van der Waals surface area contributed by atoms with Gasteiger partial charge in [0.15, 0.2) is 0 Å². The van der Waals surface area contributed by atoms with Crippen LogP contribution in [0.25, 0.3) is 0 Å². The number of benzene rings is 2. The van der Waals surface area contributed by atoms with Gasteiger partial charge in [-0.05, 0) is 61.3 Å². The fourth-order valence-electron chi connectivity index (χ4n) is 3.07. The minimum absolute atomic E-state index is 0.0159. The van der Waals surface area contributed by atoms with Crippen molar-refractivity contribution in [3.05, 3.63) is 64.7 Å². The highest BCUT2D eigenvalue weighted by Gasteiger charge is 2.24. The fourth-order valence-corrected chi connectivity index (χ4v) is 3.19. The molecule has 26 heavy (non-hydrogen) atoms. The molecule has 1 amide bonds. The number of amides is 1. The van der Waals surface area contributed by atoms with Crippen molar-refractivity contribution in [2.75, 3.05) is 13.1 Å². The van der Waals surface area contributed by atoms with E-state index in [1.54, 1.807) is 18.2 Å². The van der Waals surface area contributed by atoms with E-state index >= 15 is 0 Å². The van der Waals surface area contributed by atoms with Gasteiger partial charge in [-0.2, -0.15) is 5.10 Å². The number of phenolic OH excluding ortho intramolecular Hbond substituents is 1. The van der Waals surface area contributed by atoms with Gasteiger partial charge in [0.2, 0.25) is 5.91 Å². The van der Waals surface area contributed by atoms with Crippen molar-refractivity contribution in [1.29, 1.82) is 0 Å². The molecule has 6 heteroatoms. The van der Waals surface area contributed by atoms with Crippen LogP contribution in [0.5, 0.6) is 5.75 Å². The van der Waals surface area contributed by atoms with Gasteiger partial charge >= 0.3 is 0 Å². The van der Waals surface area contributed by atoms with Crippen LogP contribution in [0.1, 0.15) is 24.0 Å². The summed E-state index contributed by atoms with van der Waals surface area (Å²) < 4.78 is 0. The Bertz CT molecular complexity index is 769. The summed E-state index contributed by atoms with van der Waals surface area (Å²) in [6.45, 7) is 2.65. The number of phenols is 1. The molecular formula is C20H22ClN3O2. The number of hydrogen-bond donors (Lipinski definition) is 2. The van der Waals surface area contributed by atoms with E-state index in [0.717, 1.165) is 43.1 Å². The highest BCUT2D eigenvalue weighted by Crippen LogP contribution is 2.20. The van der Waals surface area contributed by atoms with Crippen LogP contribution in [0.2, 0.25) is 5.02 Å². The van der Waals surface area contributed by atoms with Gasteiger partial charge in [-0.1, -0.05) is 35.9 Å². The van der Waals surface area contributed by atoms with Gasteiger partial charge in [-0.15, -0.1) is 0 Å². The van der Waals surface area contributed by atoms with Crippen LogP contribution in [-0.2, 0) is 11.3 Å². The first-order valence-electron chi connectivity index (χ1n) is 8.69. The summed E-state index contributed by atoms with van der Waals surface area (Å²) in [6, 6.07) is 14.6. The van der Waals surface area contributed by atoms with Gasteiger partial charge in [0, 0.05) is 17.5 Å². The molecule has 1 saturated heterocycles. The van der Waals surface area contributed by atoms with Crippen LogP contribution in [0.15, 0.2) is 53.6 Å². The zero-order valence-electron chi connectivity index (χ0n) is 14.4. The molecule has 0 bridgehead atoms. The van der Waals surface area contributed by atoms with E-state index in [-0.39, 0.29) is 17.6 Å². The van der Waals surface area contributed by atoms with Crippen LogP contribution >= 0.6 is 11.6 Å². The van der Waals surface area contributed by atoms with Crippen LogP contribution in [0.4, 0.5) is 0 Å². The topological polar surface area (TPSA) is 64.9 Å². The molecule has 136 valence electrons. The molecule has 0 aliphatic carbocycles. The molecule has 1 aliphatic rings. The predicted molar refractivity (Wildman–Crippen MR) is 103 cm³/mol. The summed E-state index contributed by atoms with van der Waals surface area (Å²) in [6.07, 6.45) is 3.18. The Balaban J connectivity index is 1.43. The summed E-state index contributed by atoms with van der Waals surface area (Å²) >= 11 is 5.91. The second kappa shape index (κ2) is 8.83. The molecule has 0 atom stereocenters. The summed E-state index contributed by atoms with van der Waals surface area (Å²) in [5.74, 6) is 0.110. The smallest absolute Gasteiger partial charge is 0.243 e. The van der Waals surface area contributed by atoms with E-state index in [1.165, 1.54) is 11.8 Å². The van der Waals surface area contributed by atoms with Crippen LogP contribution in [-0.4, -0.2) is 35.2 Å². The lowest BCUT2D eigenvalue weighted by Crippen LogP contribution is -2.39. The highest BCUT2D eigenvalue weighted by atomic mass is 35.5. The van der Waals surface area contributed by atoms with Crippen molar-refractivity contribution in [2.45, 2.75) is 19.4 Å². The van der Waals surface area contributed by atoms with Gasteiger partial charge in [-0.3, -0.25) is 9.69 Å². The minimum Gasteiger partial charge on any atom is -0.508 e. The Hall–Kier alpha value is -2.37. The van der Waals surface area contributed by atoms with E-state index < -0.39 is 0 Å². The van der Waals surface area contributed by atoms with E-state index in [9.17, 15) is 9.90 Å². The zero-order valence-corrected chi connectivity index (χ0v) is 15.2. The molecule has 0 spiro atoms. The molecule has 2 N–H and O–H groups in total. The second-order valence-electron chi connectivity index (χ2n) is 6.51. The van der Waals surface area contributed by atoms with Crippen molar-refractivity contribution in [2.24, 2.45) is 11.0 Å². The summed E-state index contributed by atoms with van der Waals surface area (Å²) in [7, 11) is 0. The number of halogens is 1. The van der Waals surface area contributed by atoms with Gasteiger partial charge in [0.25, 0.3) is 0 Å². The number of carbonyl (C=O) groups excluding carboxylic acids is 1. The third-order valence-corrected chi connectivity index (χ3v) is 4.79. The van der Waals surface area contributed by atoms with Gasteiger partial charge in [0.05, 0.1) is 6.21 Å². The first-order chi connectivity index (χ1) is 12.6. The van der Waals surface area contributed by atoms with Crippen molar-refractivity contribution in [1.82, 2.24) is 10.3 Å². The summed E-state index contributed by atoms with van der Waals surface area (Å²) in [5.41, 5.74) is 4.58. The lowest BCUT2D eigenvalue weighted by molar-refractivity contribution is -0.126. The number of hydrogen-bond acceptors (Lipinski definition) is 4. The van der Waals surface area contributed by atoms with E-state index in [2.05, 4.69) is 15.4 Å². The number of piperidine rings is 1. The molecule has 1 heterocycles. The zero-order chi connectivity index (χ0) is 18.4. The number of likely N-dealkylation sites (tertiary alicyclic amines) is 1. The molecule has 3 rings (SSSR count). The van der Waals surface area contributed by atoms with E-state index in [4.69, 9.17) is 11.6 Å². The molecule has 2 aromatic rings. The normalized spacial score (nSPS) is 16.0. The third-order valence-electron chi connectivity index (χ3n) is 4.54. The van der Waals surface area contributed by atoms with Crippen molar-refractivity contribution >= 4 is 23.7 Å². The van der Waals surface area contributed by atoms with Crippen LogP contribution in [0.3, 0.4) is 0 Å². The minimum atomic E-state index is -0.0486. The molecule has 5 nitrogen and oxygen atoms in total. The van der Waals surface area contributed by atoms with Crippen LogP contribution in [0, 0.1) is 5.92 Å². The Kier molecular flexibility index (Phi) is 6.26. The first kappa shape index (κ1) is 18.4. The number of nitrogens with one attached hydrogen (secondary N) is 1. The molecule has 0 unspecified atom stereocenters. The van der Waals surface area contributed by atoms with Crippen molar-refractivity contribution in [3.8, 4) is 5.75 Å². The molecule has 1 fully saturated rings. The monoisotopic (exact) mass is 371 g/mol. The standard InChI is InChI=1S/C20H22ClN3O2/c21-18-6-4-15(5-7-18)14-24-10-8-17(9-11-24)20(26)23-22-13-16-2-1-3-19(25)12-16/h1-7,12-13,17,25H,8-11,14H2,(H,23,26). The lowest BCUT2D eigenvalue weighted by Gasteiger charge is -2.30. The number of hydrazone groups is 1. The molecular weight excluding hydrogens is 350 g/mol. The SMILES string of the molecule is O=C(NN=Cc1cccc(O)c1)C1CCN(Cc2ccc(Cl)cc2)CC1. The number of aromatic hydroxyl groups is 1. The maximum absolute atomic E-state index is 12.3. The Morgan fingerprint density at radius 3 is 2.65 bits per heavy atom. The summed E-state index contributed by atoms with van der Waals surface area (Å²) in [4.78, 5) is 14.6. The van der Waals surface area contributed by atoms with Crippen molar-refractivity contribution < 1.29 is 9.90 Å². The van der Waals surface area contributed by atoms with Crippen LogP contribution < -0.4 is 5.43 Å². The van der Waals surface area contributed by atoms with Gasteiger partial charge < -0.3 is 5.11 Å². The Labute approximate surface area is 158 Å². The number of nitrogens with zero attached hydrogens (tertiary/aromatic N) is 2. The molecule has 2 aromatic carbocycles. The average molecular weight is 372 g/mol. The predicted octanol–water partition coefficient (Wildman–Crippen LogP) is 3.41. The molecule has 0 radical (unpaired) electrons. The van der Waals surface area contributed by atoms with Gasteiger partial charge in [-0.25, -0.2) is 5.43 Å². The molecule has 1 aliphatic heterocycles. The summed E-state index contributed by atoms with van der Waals surface area (Å²) in [5, 5.41) is 14.1. The van der Waals surface area contributed by atoms with E-state index in [1.807, 2.05) is 30.3 Å². The third kappa shape index (κ3) is 5.31. The maximum Gasteiger partial charge on any atom is 0.243 e. The molecule has 0 aromatic heterocycles. The average Bonchev–Trinajstić information content (AvgIpc) is 2.64. The highest BCUT2D eigenvalue weighted by molar-refractivity contribution is 6.30. The molecule has 0 saturated carbocycles. The largest absolute Gasteiger partial charge is 0.508 e. The second-order valence-corrected chi connectivity index (χ2v) is 6.94. The van der Waals surface area contributed by atoms with Crippen molar-refractivity contribution in [3.63, 3.8) is 0 Å². The maximum atomic E-state index is 12.3. The van der Waals surface area contributed by atoms with Gasteiger partial charge in [0.1, 0.15) is 5.75 Å². The van der Waals surface area contributed by atoms with E-state index in [0.29, 0.717) is 0 Å². The lowest BCUT2D eigenvalue weighted by atomic mass is 9.96. The number of carbonyl (C=O) groups is 1. The quantitative estimate of drug-likeness (QED) is 0.625. The first-order valence-corrected chi connectivity index (χ1v) is 9.07. The fraction of sp³-hybridized carbons (Fsp3) is 0.300.